The predicted octanol–water partition coefficient (Wildman–Crippen LogP) is 0.381. The molecule has 104 valence electrons. The van der Waals surface area contributed by atoms with Gasteiger partial charge in [-0.1, -0.05) is 0 Å². The molecule has 10 nitrogen and oxygen atoms in total. The highest BCUT2D eigenvalue weighted by molar-refractivity contribution is 5.60. The lowest BCUT2D eigenvalue weighted by Gasteiger charge is -2.08. The lowest BCUT2D eigenvalue weighted by molar-refractivity contribution is -0.385. The lowest BCUT2D eigenvalue weighted by atomic mass is 10.3. The van der Waals surface area contributed by atoms with Crippen LogP contribution in [0.25, 0.3) is 0 Å². The molecule has 0 aliphatic heterocycles. The zero-order chi connectivity index (χ0) is 14.5. The van der Waals surface area contributed by atoms with Crippen molar-refractivity contribution in [1.82, 2.24) is 20.2 Å². The van der Waals surface area contributed by atoms with Gasteiger partial charge >= 0.3 is 5.69 Å². The summed E-state index contributed by atoms with van der Waals surface area (Å²) >= 11 is 0. The molecule has 0 amide bonds. The first kappa shape index (κ1) is 13.5. The van der Waals surface area contributed by atoms with Crippen molar-refractivity contribution >= 4 is 17.5 Å². The Hall–Kier alpha value is -2.88. The van der Waals surface area contributed by atoms with E-state index in [1.807, 2.05) is 0 Å². The van der Waals surface area contributed by atoms with Gasteiger partial charge in [0.05, 0.1) is 17.2 Å². The Balaban J connectivity index is 2.29. The molecule has 2 aromatic rings. The Morgan fingerprint density at radius 2 is 2.25 bits per heavy atom. The third-order valence-electron chi connectivity index (χ3n) is 2.43. The molecule has 0 atom stereocenters. The first-order valence-electron chi connectivity index (χ1n) is 5.62. The fourth-order valence-corrected chi connectivity index (χ4v) is 1.58. The second-order valence-electron chi connectivity index (χ2n) is 3.80. The van der Waals surface area contributed by atoms with Crippen LogP contribution in [0.2, 0.25) is 0 Å². The molecule has 0 fully saturated rings. The van der Waals surface area contributed by atoms with Gasteiger partial charge in [-0.2, -0.15) is 15.2 Å². The zero-order valence-corrected chi connectivity index (χ0v) is 10.6. The molecule has 2 aromatic heterocycles. The van der Waals surface area contributed by atoms with E-state index in [2.05, 4.69) is 30.9 Å². The van der Waals surface area contributed by atoms with Crippen molar-refractivity contribution in [2.24, 2.45) is 5.84 Å². The monoisotopic (exact) mass is 276 g/mol. The van der Waals surface area contributed by atoms with Crippen LogP contribution in [-0.4, -0.2) is 25.1 Å². The summed E-state index contributed by atoms with van der Waals surface area (Å²) < 4.78 is 0. The summed E-state index contributed by atoms with van der Waals surface area (Å²) in [6, 6.07) is 3.46. The Bertz CT molecular complexity index is 618. The summed E-state index contributed by atoms with van der Waals surface area (Å²) in [5, 5.41) is 21.5. The fourth-order valence-electron chi connectivity index (χ4n) is 1.58. The summed E-state index contributed by atoms with van der Waals surface area (Å²) in [6.07, 6.45) is 1.54. The topological polar surface area (TPSA) is 145 Å². The average Bonchev–Trinajstić information content (AvgIpc) is 2.45. The van der Waals surface area contributed by atoms with Gasteiger partial charge < -0.3 is 5.32 Å². The first-order chi connectivity index (χ1) is 9.61. The molecule has 0 unspecified atom stereocenters. The Kier molecular flexibility index (Phi) is 3.96. The van der Waals surface area contributed by atoms with E-state index in [9.17, 15) is 10.1 Å². The minimum atomic E-state index is -0.547. The van der Waals surface area contributed by atoms with E-state index in [1.54, 1.807) is 12.1 Å². The summed E-state index contributed by atoms with van der Waals surface area (Å²) in [6.45, 7) is 1.75. The highest BCUT2D eigenvalue weighted by Crippen LogP contribution is 2.26. The van der Waals surface area contributed by atoms with Gasteiger partial charge in [0.2, 0.25) is 11.8 Å². The van der Waals surface area contributed by atoms with E-state index in [-0.39, 0.29) is 29.7 Å². The van der Waals surface area contributed by atoms with E-state index < -0.39 is 4.92 Å². The highest BCUT2D eigenvalue weighted by Gasteiger charge is 2.21. The number of anilines is 2. The van der Waals surface area contributed by atoms with Gasteiger partial charge in [0, 0.05) is 6.20 Å². The maximum Gasteiger partial charge on any atom is 0.332 e. The third kappa shape index (κ3) is 2.92. The number of nitro groups is 1. The molecule has 0 saturated heterocycles. The second kappa shape index (κ2) is 5.84. The van der Waals surface area contributed by atoms with Crippen molar-refractivity contribution in [3.63, 3.8) is 0 Å². The summed E-state index contributed by atoms with van der Waals surface area (Å²) in [7, 11) is 0. The van der Waals surface area contributed by atoms with Crippen molar-refractivity contribution in [1.29, 1.82) is 0 Å². The Morgan fingerprint density at radius 1 is 1.45 bits per heavy atom. The Labute approximate surface area is 113 Å². The lowest BCUT2D eigenvalue weighted by Crippen LogP contribution is -2.15. The van der Waals surface area contributed by atoms with E-state index in [4.69, 9.17) is 5.84 Å². The van der Waals surface area contributed by atoms with Gasteiger partial charge in [0.25, 0.3) is 0 Å². The van der Waals surface area contributed by atoms with Crippen molar-refractivity contribution < 1.29 is 4.92 Å². The molecule has 0 aliphatic rings. The second-order valence-corrected chi connectivity index (χ2v) is 3.80. The molecular weight excluding hydrogens is 264 g/mol. The zero-order valence-electron chi connectivity index (χ0n) is 10.6. The molecule has 2 heterocycles. The fraction of sp³-hybridized carbons (Fsp3) is 0.200. The van der Waals surface area contributed by atoms with E-state index in [0.717, 1.165) is 0 Å². The van der Waals surface area contributed by atoms with E-state index in [1.165, 1.54) is 13.1 Å². The third-order valence-corrected chi connectivity index (χ3v) is 2.43. The van der Waals surface area contributed by atoms with Gasteiger partial charge in [-0.3, -0.25) is 15.5 Å². The highest BCUT2D eigenvalue weighted by atomic mass is 16.6. The normalized spacial score (nSPS) is 10.1. The molecule has 0 aromatic carbocycles. The number of nitrogens with two attached hydrogens (primary N) is 1. The van der Waals surface area contributed by atoms with Crippen LogP contribution in [-0.2, 0) is 6.54 Å². The first-order valence-corrected chi connectivity index (χ1v) is 5.62. The van der Waals surface area contributed by atoms with Crippen LogP contribution in [0.1, 0.15) is 11.4 Å². The molecule has 0 spiro atoms. The molecule has 4 N–H and O–H groups in total. The van der Waals surface area contributed by atoms with Crippen molar-refractivity contribution in [2.45, 2.75) is 13.5 Å². The summed E-state index contributed by atoms with van der Waals surface area (Å²) in [5.41, 5.74) is 2.89. The standard InChI is InChI=1S/C10H12N8O2/c1-6-8(18(19)20)9(15-10(14-6)16-11)12-5-7-3-2-4-13-17-7/h2-4H,5,11H2,1H3,(H2,12,14,15,16). The Morgan fingerprint density at radius 3 is 2.85 bits per heavy atom. The minimum Gasteiger partial charge on any atom is -0.358 e. The molecular formula is C10H12N8O2. The molecule has 0 aliphatic carbocycles. The number of rotatable bonds is 5. The number of aryl methyl sites for hydroxylation is 1. The molecule has 10 heteroatoms. The molecule has 0 radical (unpaired) electrons. The summed E-state index contributed by atoms with van der Waals surface area (Å²) in [4.78, 5) is 18.3. The summed E-state index contributed by atoms with van der Waals surface area (Å²) in [5.74, 6) is 5.39. The van der Waals surface area contributed by atoms with Crippen LogP contribution < -0.4 is 16.6 Å². The van der Waals surface area contributed by atoms with Crippen LogP contribution in [0.15, 0.2) is 18.3 Å². The molecule has 0 bridgehead atoms. The maximum absolute atomic E-state index is 11.1. The molecule has 2 rings (SSSR count). The van der Waals surface area contributed by atoms with Crippen LogP contribution in [0.4, 0.5) is 17.5 Å². The minimum absolute atomic E-state index is 0.0705. The number of nitrogen functional groups attached to an aromatic ring is 1. The van der Waals surface area contributed by atoms with Crippen LogP contribution >= 0.6 is 0 Å². The predicted molar refractivity (Wildman–Crippen MR) is 70.6 cm³/mol. The van der Waals surface area contributed by atoms with Gasteiger partial charge in [0.15, 0.2) is 0 Å². The van der Waals surface area contributed by atoms with Gasteiger partial charge in [-0.25, -0.2) is 10.8 Å². The number of nitrogens with zero attached hydrogens (tertiary/aromatic N) is 5. The quantitative estimate of drug-likeness (QED) is 0.400. The smallest absolute Gasteiger partial charge is 0.332 e. The number of hydrogen-bond donors (Lipinski definition) is 3. The van der Waals surface area contributed by atoms with E-state index in [0.29, 0.717) is 5.69 Å². The number of aromatic nitrogens is 4. The number of hydrazine groups is 1. The van der Waals surface area contributed by atoms with Crippen molar-refractivity contribution in [3.05, 3.63) is 39.8 Å². The maximum atomic E-state index is 11.1. The van der Waals surface area contributed by atoms with Crippen molar-refractivity contribution in [2.75, 3.05) is 10.7 Å². The van der Waals surface area contributed by atoms with Crippen LogP contribution in [0.5, 0.6) is 0 Å². The average molecular weight is 276 g/mol. The van der Waals surface area contributed by atoms with Gasteiger partial charge in [-0.05, 0) is 19.1 Å². The largest absolute Gasteiger partial charge is 0.358 e. The number of hydrogen-bond acceptors (Lipinski definition) is 9. The molecule has 0 saturated carbocycles. The van der Waals surface area contributed by atoms with E-state index >= 15 is 0 Å². The van der Waals surface area contributed by atoms with Crippen LogP contribution in [0.3, 0.4) is 0 Å². The SMILES string of the molecule is Cc1nc(NN)nc(NCc2cccnn2)c1[N+](=O)[O-]. The van der Waals surface area contributed by atoms with Gasteiger partial charge in [-0.15, -0.1) is 0 Å². The van der Waals surface area contributed by atoms with Crippen LogP contribution in [0, 0.1) is 17.0 Å². The van der Waals surface area contributed by atoms with Gasteiger partial charge in [0.1, 0.15) is 5.69 Å². The molecule has 20 heavy (non-hydrogen) atoms. The number of nitrogens with one attached hydrogen (secondary N) is 2. The van der Waals surface area contributed by atoms with Crippen molar-refractivity contribution in [3.8, 4) is 0 Å².